The molecule has 2 aliphatic heterocycles. The van der Waals surface area contributed by atoms with E-state index in [2.05, 4.69) is 44.0 Å². The molecule has 0 unspecified atom stereocenters. The average molecular weight is 377 g/mol. The van der Waals surface area contributed by atoms with E-state index in [-0.39, 0.29) is 23.5 Å². The maximum Gasteiger partial charge on any atom is 0.347 e. The van der Waals surface area contributed by atoms with Crippen molar-refractivity contribution >= 4 is 31.9 Å². The summed E-state index contributed by atoms with van der Waals surface area (Å²) in [6.45, 7) is 0. The number of halogens is 2. The molecule has 0 radical (unpaired) electrons. The van der Waals surface area contributed by atoms with Gasteiger partial charge >= 0.3 is 11.4 Å². The van der Waals surface area contributed by atoms with Crippen LogP contribution in [0.1, 0.15) is 12.1 Å². The summed E-state index contributed by atoms with van der Waals surface area (Å²) in [4.78, 5) is 25.0. The van der Waals surface area contributed by atoms with Crippen molar-refractivity contribution < 1.29 is 0 Å². The quantitative estimate of drug-likeness (QED) is 0.496. The monoisotopic (exact) mass is 375 g/mol. The third-order valence-electron chi connectivity index (χ3n) is 4.54. The summed E-state index contributed by atoms with van der Waals surface area (Å²) >= 11 is 7.36. The van der Waals surface area contributed by atoms with Gasteiger partial charge in [0.15, 0.2) is 0 Å². The Labute approximate surface area is 119 Å². The molecule has 2 aliphatic carbocycles. The van der Waals surface area contributed by atoms with Crippen LogP contribution < -0.4 is 11.4 Å². The molecule has 0 saturated heterocycles. The first-order valence-electron chi connectivity index (χ1n) is 5.90. The zero-order valence-corrected chi connectivity index (χ0v) is 12.7. The Hall–Kier alpha value is -0.560. The molecule has 0 N–H and O–H groups in total. The van der Waals surface area contributed by atoms with Crippen LogP contribution in [-0.2, 0) is 7.05 Å². The maximum absolute atomic E-state index is 12.1. The van der Waals surface area contributed by atoms with Gasteiger partial charge in [0.25, 0.3) is 0 Å². The van der Waals surface area contributed by atoms with Gasteiger partial charge in [0.05, 0.1) is 12.1 Å². The summed E-state index contributed by atoms with van der Waals surface area (Å²) in [5.41, 5.74) is -0.425. The first kappa shape index (κ1) is 11.3. The highest BCUT2D eigenvalue weighted by molar-refractivity contribution is 9.12. The maximum atomic E-state index is 12.1. The lowest BCUT2D eigenvalue weighted by Crippen LogP contribution is -2.63. The third kappa shape index (κ3) is 1.01. The lowest BCUT2D eigenvalue weighted by Gasteiger charge is -2.58. The van der Waals surface area contributed by atoms with E-state index < -0.39 is 0 Å². The highest BCUT2D eigenvalue weighted by atomic mass is 79.9. The minimum absolute atomic E-state index is 0.000394. The number of hydrogen-bond donors (Lipinski definition) is 0. The van der Waals surface area contributed by atoms with Gasteiger partial charge in [-0.25, -0.2) is 23.5 Å². The van der Waals surface area contributed by atoms with Crippen molar-refractivity contribution in [1.82, 2.24) is 13.9 Å². The Morgan fingerprint density at radius 2 is 1.33 bits per heavy atom. The molecule has 4 aliphatic rings. The Morgan fingerprint density at radius 3 is 1.72 bits per heavy atom. The summed E-state index contributed by atoms with van der Waals surface area (Å²) in [7, 11) is 1.54. The minimum atomic E-state index is -0.212. The second-order valence-electron chi connectivity index (χ2n) is 5.22. The molecule has 5 nitrogen and oxygen atoms in total. The molecule has 1 aromatic rings. The van der Waals surface area contributed by atoms with Gasteiger partial charge in [0, 0.05) is 28.5 Å². The molecule has 1 fully saturated rings. The number of alkyl halides is 2. The van der Waals surface area contributed by atoms with E-state index >= 15 is 0 Å². The van der Waals surface area contributed by atoms with E-state index in [0.717, 1.165) is 0 Å². The third-order valence-corrected chi connectivity index (χ3v) is 7.61. The number of rotatable bonds is 0. The highest BCUT2D eigenvalue weighted by Crippen LogP contribution is 2.59. The van der Waals surface area contributed by atoms with Crippen LogP contribution in [0, 0.1) is 11.8 Å². The second kappa shape index (κ2) is 3.30. The molecule has 0 spiro atoms. The van der Waals surface area contributed by atoms with Crippen LogP contribution >= 0.6 is 31.9 Å². The molecule has 0 amide bonds. The van der Waals surface area contributed by atoms with E-state index in [1.165, 1.54) is 4.57 Å². The smallest absolute Gasteiger partial charge is 0.246 e. The van der Waals surface area contributed by atoms with E-state index in [0.29, 0.717) is 21.5 Å². The average Bonchev–Trinajstić information content (AvgIpc) is 2.64. The lowest BCUT2D eigenvalue weighted by molar-refractivity contribution is 0.0346. The summed E-state index contributed by atoms with van der Waals surface area (Å²) in [5, 5.41) is 0. The molecular formula is C11H11Br2N3O2. The molecule has 5 rings (SSSR count). The number of nitrogens with zero attached hydrogens (tertiary/aromatic N) is 3. The molecule has 1 aromatic heterocycles. The predicted octanol–water partition coefficient (Wildman–Crippen LogP) is 0.787. The van der Waals surface area contributed by atoms with Crippen LogP contribution in [0.3, 0.4) is 0 Å². The fraction of sp³-hybridized carbons (Fsp3) is 0.636. The Morgan fingerprint density at radius 1 is 0.944 bits per heavy atom. The normalized spacial score (nSPS) is 43.5. The Balaban J connectivity index is 2.02. The molecule has 3 heterocycles. The van der Waals surface area contributed by atoms with Crippen molar-refractivity contribution in [3.05, 3.63) is 33.1 Å². The molecular weight excluding hydrogens is 366 g/mol. The van der Waals surface area contributed by atoms with E-state index in [1.54, 1.807) is 16.4 Å². The Kier molecular flexibility index (Phi) is 2.07. The van der Waals surface area contributed by atoms with Crippen molar-refractivity contribution in [3.8, 4) is 0 Å². The fourth-order valence-electron chi connectivity index (χ4n) is 3.63. The van der Waals surface area contributed by atoms with Crippen LogP contribution in [0.25, 0.3) is 0 Å². The van der Waals surface area contributed by atoms with Gasteiger partial charge in [-0.1, -0.05) is 44.0 Å². The molecule has 18 heavy (non-hydrogen) atoms. The van der Waals surface area contributed by atoms with Gasteiger partial charge in [-0.05, 0) is 0 Å². The van der Waals surface area contributed by atoms with Gasteiger partial charge in [0.1, 0.15) is 0 Å². The van der Waals surface area contributed by atoms with E-state index in [9.17, 15) is 9.59 Å². The van der Waals surface area contributed by atoms with Crippen molar-refractivity contribution in [3.63, 3.8) is 0 Å². The first-order chi connectivity index (χ1) is 8.54. The first-order valence-corrected chi connectivity index (χ1v) is 7.73. The zero-order chi connectivity index (χ0) is 12.8. The number of aromatic nitrogens is 3. The largest absolute Gasteiger partial charge is 0.347 e. The van der Waals surface area contributed by atoms with E-state index in [1.807, 2.05) is 0 Å². The SMILES string of the molecule is Cn1c(=O)n2n(c1=O)[C@@H]1C=C[C@@H]2[C@H]2[C@H](Br)[C@H](Br)[C@@H]21. The van der Waals surface area contributed by atoms with Crippen LogP contribution in [0.15, 0.2) is 21.7 Å². The molecule has 6 atom stereocenters. The molecule has 2 bridgehead atoms. The van der Waals surface area contributed by atoms with Crippen molar-refractivity contribution in [1.29, 1.82) is 0 Å². The molecule has 0 aromatic carbocycles. The minimum Gasteiger partial charge on any atom is -0.246 e. The summed E-state index contributed by atoms with van der Waals surface area (Å²) in [6.07, 6.45) is 4.14. The van der Waals surface area contributed by atoms with Crippen LogP contribution in [0.5, 0.6) is 0 Å². The van der Waals surface area contributed by atoms with Gasteiger partial charge in [-0.15, -0.1) is 0 Å². The van der Waals surface area contributed by atoms with Crippen LogP contribution in [-0.4, -0.2) is 23.6 Å². The summed E-state index contributed by atoms with van der Waals surface area (Å²) in [6, 6.07) is -0.000787. The topological polar surface area (TPSA) is 48.9 Å². The van der Waals surface area contributed by atoms with Crippen LogP contribution in [0.4, 0.5) is 0 Å². The Bertz CT molecular complexity index is 630. The highest BCUT2D eigenvalue weighted by Gasteiger charge is 2.60. The van der Waals surface area contributed by atoms with Gasteiger partial charge in [0.2, 0.25) is 0 Å². The summed E-state index contributed by atoms with van der Waals surface area (Å²) in [5.74, 6) is 0.785. The molecule has 1 saturated carbocycles. The predicted molar refractivity (Wildman–Crippen MR) is 73.6 cm³/mol. The second-order valence-corrected chi connectivity index (χ2v) is 7.34. The van der Waals surface area contributed by atoms with Gasteiger partial charge in [-0.3, -0.25) is 0 Å². The van der Waals surface area contributed by atoms with Gasteiger partial charge in [-0.2, -0.15) is 0 Å². The summed E-state index contributed by atoms with van der Waals surface area (Å²) < 4.78 is 4.45. The lowest BCUT2D eigenvalue weighted by atomic mass is 9.62. The number of hydrogen-bond acceptors (Lipinski definition) is 2. The van der Waals surface area contributed by atoms with Crippen molar-refractivity contribution in [2.24, 2.45) is 18.9 Å². The van der Waals surface area contributed by atoms with Gasteiger partial charge < -0.3 is 0 Å². The fourth-order valence-corrected chi connectivity index (χ4v) is 5.66. The van der Waals surface area contributed by atoms with Crippen LogP contribution in [0.2, 0.25) is 0 Å². The van der Waals surface area contributed by atoms with E-state index in [4.69, 9.17) is 0 Å². The molecule has 96 valence electrons. The standard InChI is InChI=1S/C11H11Br2N3O2/c1-14-10(17)15-4-2-3-5(16(15)11(14)18)7-6(4)8(12)9(7)13/h2-9H,1H3/t4-,5-,6-,7-,8-,9+/m1/s1. The van der Waals surface area contributed by atoms with Crippen molar-refractivity contribution in [2.45, 2.75) is 21.7 Å². The molecule has 7 heteroatoms. The number of allylic oxidation sites excluding steroid dienone is 2. The zero-order valence-electron chi connectivity index (χ0n) is 9.53. The van der Waals surface area contributed by atoms with Crippen molar-refractivity contribution in [2.75, 3.05) is 0 Å².